The van der Waals surface area contributed by atoms with Crippen LogP contribution < -0.4 is 4.90 Å². The van der Waals surface area contributed by atoms with E-state index >= 15 is 0 Å². The Hall–Kier alpha value is -2.95. The zero-order valence-electron chi connectivity index (χ0n) is 15.0. The van der Waals surface area contributed by atoms with Crippen molar-refractivity contribution < 1.29 is 9.53 Å². The number of ether oxygens (including phenoxy) is 1. The van der Waals surface area contributed by atoms with Crippen molar-refractivity contribution in [2.24, 2.45) is 0 Å². The molecule has 5 nitrogen and oxygen atoms in total. The Labute approximate surface area is 152 Å². The zero-order chi connectivity index (χ0) is 18.1. The fourth-order valence-electron chi connectivity index (χ4n) is 3.57. The molecule has 0 amide bonds. The Bertz CT molecular complexity index is 984. The minimum atomic E-state index is -0.347. The minimum absolute atomic E-state index is 0.332. The van der Waals surface area contributed by atoms with Crippen LogP contribution >= 0.6 is 0 Å². The largest absolute Gasteiger partial charge is 0.462 e. The summed E-state index contributed by atoms with van der Waals surface area (Å²) in [6.07, 6.45) is 3.67. The average molecular weight is 347 g/mol. The van der Waals surface area contributed by atoms with E-state index in [4.69, 9.17) is 4.74 Å². The molecule has 0 atom stereocenters. The first-order valence-corrected chi connectivity index (χ1v) is 8.98. The number of hydrogen-bond donors (Lipinski definition) is 0. The second kappa shape index (κ2) is 6.75. The Morgan fingerprint density at radius 3 is 2.92 bits per heavy atom. The molecule has 0 aliphatic carbocycles. The van der Waals surface area contributed by atoms with Crippen molar-refractivity contribution in [3.05, 3.63) is 59.4 Å². The molecule has 3 heterocycles. The molecule has 0 fully saturated rings. The average Bonchev–Trinajstić information content (AvgIpc) is 2.66. The fourth-order valence-corrected chi connectivity index (χ4v) is 3.57. The van der Waals surface area contributed by atoms with Crippen LogP contribution in [0.2, 0.25) is 0 Å². The Morgan fingerprint density at radius 2 is 2.08 bits per heavy atom. The number of fused-ring (bicyclic) bond motifs is 2. The van der Waals surface area contributed by atoms with Gasteiger partial charge >= 0.3 is 5.97 Å². The van der Waals surface area contributed by atoms with Gasteiger partial charge in [0, 0.05) is 29.5 Å². The van der Waals surface area contributed by atoms with Gasteiger partial charge in [0.1, 0.15) is 5.56 Å². The van der Waals surface area contributed by atoms with Crippen LogP contribution in [0, 0.1) is 6.92 Å². The van der Waals surface area contributed by atoms with Crippen LogP contribution in [0.1, 0.15) is 35.0 Å². The van der Waals surface area contributed by atoms with Gasteiger partial charge in [0.15, 0.2) is 5.65 Å². The molecule has 1 aromatic carbocycles. The number of carbonyl (C=O) groups is 1. The van der Waals surface area contributed by atoms with Gasteiger partial charge in [0.25, 0.3) is 0 Å². The normalized spacial score (nSPS) is 13.5. The van der Waals surface area contributed by atoms with Crippen molar-refractivity contribution >= 4 is 28.4 Å². The third kappa shape index (κ3) is 2.79. The van der Waals surface area contributed by atoms with Crippen molar-refractivity contribution in [2.45, 2.75) is 26.7 Å². The topological polar surface area (TPSA) is 55.3 Å². The first-order chi connectivity index (χ1) is 12.7. The summed E-state index contributed by atoms with van der Waals surface area (Å²) < 4.78 is 5.29. The SMILES string of the molecule is CCOC(=O)c1cnc2nc(C)ccc2c1N1CCCc2ccccc21. The second-order valence-corrected chi connectivity index (χ2v) is 6.45. The number of aromatic nitrogens is 2. The van der Waals surface area contributed by atoms with E-state index in [2.05, 4.69) is 33.1 Å². The molecule has 0 N–H and O–H groups in total. The van der Waals surface area contributed by atoms with E-state index in [0.717, 1.165) is 41.8 Å². The molecule has 1 aliphatic rings. The van der Waals surface area contributed by atoms with Crippen LogP contribution in [0.4, 0.5) is 11.4 Å². The summed E-state index contributed by atoms with van der Waals surface area (Å²) in [6.45, 7) is 4.93. The number of aryl methyl sites for hydroxylation is 2. The lowest BCUT2D eigenvalue weighted by Crippen LogP contribution is -2.27. The van der Waals surface area contributed by atoms with Crippen LogP contribution in [0.3, 0.4) is 0 Å². The van der Waals surface area contributed by atoms with Gasteiger partial charge in [0.2, 0.25) is 0 Å². The highest BCUT2D eigenvalue weighted by molar-refractivity contribution is 6.06. The van der Waals surface area contributed by atoms with Crippen molar-refractivity contribution in [2.75, 3.05) is 18.1 Å². The van der Waals surface area contributed by atoms with Gasteiger partial charge in [-0.15, -0.1) is 0 Å². The van der Waals surface area contributed by atoms with E-state index in [0.29, 0.717) is 17.8 Å². The lowest BCUT2D eigenvalue weighted by Gasteiger charge is -2.33. The van der Waals surface area contributed by atoms with Crippen molar-refractivity contribution in [1.29, 1.82) is 0 Å². The number of carbonyl (C=O) groups excluding carboxylic acids is 1. The highest BCUT2D eigenvalue weighted by Crippen LogP contribution is 2.39. The molecule has 0 bridgehead atoms. The van der Waals surface area contributed by atoms with E-state index in [9.17, 15) is 4.79 Å². The quantitative estimate of drug-likeness (QED) is 0.665. The molecular weight excluding hydrogens is 326 g/mol. The molecule has 0 saturated heterocycles. The summed E-state index contributed by atoms with van der Waals surface area (Å²) in [7, 11) is 0. The molecule has 26 heavy (non-hydrogen) atoms. The number of rotatable bonds is 3. The van der Waals surface area contributed by atoms with E-state index in [1.54, 1.807) is 6.20 Å². The zero-order valence-corrected chi connectivity index (χ0v) is 15.0. The monoisotopic (exact) mass is 347 g/mol. The van der Waals surface area contributed by atoms with Crippen LogP contribution in [0.15, 0.2) is 42.6 Å². The predicted molar refractivity (Wildman–Crippen MR) is 102 cm³/mol. The number of para-hydroxylation sites is 1. The maximum atomic E-state index is 12.6. The van der Waals surface area contributed by atoms with Crippen LogP contribution in [-0.2, 0) is 11.2 Å². The summed E-state index contributed by atoms with van der Waals surface area (Å²) in [4.78, 5) is 23.8. The van der Waals surface area contributed by atoms with Gasteiger partial charge in [-0.1, -0.05) is 18.2 Å². The van der Waals surface area contributed by atoms with Gasteiger partial charge in [-0.2, -0.15) is 0 Å². The van der Waals surface area contributed by atoms with Gasteiger partial charge in [0.05, 0.1) is 12.3 Å². The number of nitrogens with zero attached hydrogens (tertiary/aromatic N) is 3. The molecule has 2 aromatic heterocycles. The summed E-state index contributed by atoms with van der Waals surface area (Å²) in [6, 6.07) is 12.3. The molecule has 4 rings (SSSR count). The first-order valence-electron chi connectivity index (χ1n) is 8.98. The minimum Gasteiger partial charge on any atom is -0.462 e. The van der Waals surface area contributed by atoms with Gasteiger partial charge in [-0.25, -0.2) is 14.8 Å². The number of pyridine rings is 2. The van der Waals surface area contributed by atoms with E-state index in [1.807, 2.05) is 32.0 Å². The number of benzene rings is 1. The summed E-state index contributed by atoms with van der Waals surface area (Å²) >= 11 is 0. The Balaban J connectivity index is 1.98. The smallest absolute Gasteiger partial charge is 0.341 e. The van der Waals surface area contributed by atoms with Crippen molar-refractivity contribution in [3.8, 4) is 0 Å². The Kier molecular flexibility index (Phi) is 4.29. The van der Waals surface area contributed by atoms with Crippen molar-refractivity contribution in [1.82, 2.24) is 9.97 Å². The third-order valence-electron chi connectivity index (χ3n) is 4.72. The number of esters is 1. The fraction of sp³-hybridized carbons (Fsp3) is 0.286. The summed E-state index contributed by atoms with van der Waals surface area (Å²) in [5.41, 5.74) is 5.31. The van der Waals surface area contributed by atoms with Gasteiger partial charge < -0.3 is 9.64 Å². The Morgan fingerprint density at radius 1 is 1.23 bits per heavy atom. The maximum Gasteiger partial charge on any atom is 0.341 e. The molecule has 0 unspecified atom stereocenters. The molecule has 0 radical (unpaired) electrons. The summed E-state index contributed by atoms with van der Waals surface area (Å²) in [5, 5.41) is 0.873. The number of hydrogen-bond acceptors (Lipinski definition) is 5. The van der Waals surface area contributed by atoms with Crippen LogP contribution in [0.25, 0.3) is 11.0 Å². The number of anilines is 2. The molecular formula is C21H21N3O2. The molecule has 3 aromatic rings. The molecule has 5 heteroatoms. The first kappa shape index (κ1) is 16.5. The van der Waals surface area contributed by atoms with E-state index in [1.165, 1.54) is 5.56 Å². The molecule has 0 saturated carbocycles. The van der Waals surface area contributed by atoms with E-state index in [-0.39, 0.29) is 5.97 Å². The van der Waals surface area contributed by atoms with Crippen molar-refractivity contribution in [3.63, 3.8) is 0 Å². The molecule has 1 aliphatic heterocycles. The lowest BCUT2D eigenvalue weighted by atomic mass is 9.99. The van der Waals surface area contributed by atoms with Crippen LogP contribution in [0.5, 0.6) is 0 Å². The van der Waals surface area contributed by atoms with Gasteiger partial charge in [-0.05, 0) is 50.5 Å². The maximum absolute atomic E-state index is 12.6. The second-order valence-electron chi connectivity index (χ2n) is 6.45. The lowest BCUT2D eigenvalue weighted by molar-refractivity contribution is 0.0527. The molecule has 0 spiro atoms. The predicted octanol–water partition coefficient (Wildman–Crippen LogP) is 4.20. The molecule has 132 valence electrons. The van der Waals surface area contributed by atoms with E-state index < -0.39 is 0 Å². The van der Waals surface area contributed by atoms with Gasteiger partial charge in [-0.3, -0.25) is 0 Å². The summed E-state index contributed by atoms with van der Waals surface area (Å²) in [5.74, 6) is -0.347. The third-order valence-corrected chi connectivity index (χ3v) is 4.72. The van der Waals surface area contributed by atoms with Crippen LogP contribution in [-0.4, -0.2) is 29.1 Å². The highest BCUT2D eigenvalue weighted by atomic mass is 16.5. The highest BCUT2D eigenvalue weighted by Gasteiger charge is 2.26. The standard InChI is InChI=1S/C21H21N3O2/c1-3-26-21(25)17-13-22-20-16(11-10-14(2)23-20)19(17)24-12-6-8-15-7-4-5-9-18(15)24/h4-5,7,9-11,13H,3,6,8,12H2,1-2H3.